The zero-order chi connectivity index (χ0) is 12.3. The maximum atomic E-state index is 11.8. The van der Waals surface area contributed by atoms with Gasteiger partial charge in [0.25, 0.3) is 0 Å². The van der Waals surface area contributed by atoms with Crippen molar-refractivity contribution in [2.24, 2.45) is 11.7 Å². The number of carbonyl (C=O) groups excluding carboxylic acids is 1. The highest BCUT2D eigenvalue weighted by molar-refractivity contribution is 5.78. The Kier molecular flexibility index (Phi) is 3.68. The summed E-state index contributed by atoms with van der Waals surface area (Å²) >= 11 is 0. The SMILES string of the molecule is Cc1cnc(CNC(=O)C2CCC(N)C2)cn1. The predicted molar refractivity (Wildman–Crippen MR) is 63.9 cm³/mol. The van der Waals surface area contributed by atoms with Gasteiger partial charge in [-0.3, -0.25) is 14.8 Å². The number of rotatable bonds is 3. The third-order valence-electron chi connectivity index (χ3n) is 3.12. The Morgan fingerprint density at radius 2 is 2.29 bits per heavy atom. The molecule has 1 heterocycles. The molecule has 2 unspecified atom stereocenters. The largest absolute Gasteiger partial charge is 0.350 e. The third kappa shape index (κ3) is 3.23. The molecule has 92 valence electrons. The quantitative estimate of drug-likeness (QED) is 0.799. The number of amides is 1. The number of hydrogen-bond donors (Lipinski definition) is 2. The molecule has 1 fully saturated rings. The van der Waals surface area contributed by atoms with Crippen LogP contribution in [-0.2, 0) is 11.3 Å². The van der Waals surface area contributed by atoms with Gasteiger partial charge in [0, 0.05) is 18.2 Å². The van der Waals surface area contributed by atoms with E-state index in [0.717, 1.165) is 30.7 Å². The van der Waals surface area contributed by atoms with E-state index < -0.39 is 0 Å². The summed E-state index contributed by atoms with van der Waals surface area (Å²) in [7, 11) is 0. The fraction of sp³-hybridized carbons (Fsp3) is 0.583. The van der Waals surface area contributed by atoms with Gasteiger partial charge in [0.15, 0.2) is 0 Å². The maximum Gasteiger partial charge on any atom is 0.223 e. The number of aryl methyl sites for hydroxylation is 1. The molecule has 0 saturated heterocycles. The molecule has 2 rings (SSSR count). The van der Waals surface area contributed by atoms with E-state index in [2.05, 4.69) is 15.3 Å². The minimum atomic E-state index is 0.0726. The highest BCUT2D eigenvalue weighted by Crippen LogP contribution is 2.24. The van der Waals surface area contributed by atoms with Crippen LogP contribution in [0.25, 0.3) is 0 Å². The number of nitrogens with one attached hydrogen (secondary N) is 1. The Hall–Kier alpha value is -1.49. The Labute approximate surface area is 101 Å². The average Bonchev–Trinajstić information content (AvgIpc) is 2.75. The minimum absolute atomic E-state index is 0.0726. The van der Waals surface area contributed by atoms with Gasteiger partial charge < -0.3 is 11.1 Å². The number of nitrogens with zero attached hydrogens (tertiary/aromatic N) is 2. The molecule has 1 amide bonds. The van der Waals surface area contributed by atoms with E-state index >= 15 is 0 Å². The molecule has 1 saturated carbocycles. The van der Waals surface area contributed by atoms with Gasteiger partial charge in [-0.15, -0.1) is 0 Å². The Morgan fingerprint density at radius 3 is 2.88 bits per heavy atom. The monoisotopic (exact) mass is 234 g/mol. The van der Waals surface area contributed by atoms with Gasteiger partial charge >= 0.3 is 0 Å². The first-order chi connectivity index (χ1) is 8.15. The molecule has 0 aliphatic heterocycles. The first-order valence-corrected chi connectivity index (χ1v) is 5.96. The van der Waals surface area contributed by atoms with Crippen LogP contribution in [-0.4, -0.2) is 21.9 Å². The molecule has 0 spiro atoms. The maximum absolute atomic E-state index is 11.8. The topological polar surface area (TPSA) is 80.9 Å². The van der Waals surface area contributed by atoms with Crippen molar-refractivity contribution in [3.8, 4) is 0 Å². The molecule has 5 heteroatoms. The van der Waals surface area contributed by atoms with Crippen LogP contribution < -0.4 is 11.1 Å². The van der Waals surface area contributed by atoms with E-state index in [-0.39, 0.29) is 17.9 Å². The normalized spacial score (nSPS) is 23.6. The molecule has 0 bridgehead atoms. The van der Waals surface area contributed by atoms with Crippen LogP contribution >= 0.6 is 0 Å². The molecular formula is C12H18N4O. The molecule has 1 aromatic rings. The summed E-state index contributed by atoms with van der Waals surface area (Å²) in [4.78, 5) is 20.1. The highest BCUT2D eigenvalue weighted by atomic mass is 16.1. The van der Waals surface area contributed by atoms with Crippen molar-refractivity contribution in [2.45, 2.75) is 38.8 Å². The smallest absolute Gasteiger partial charge is 0.223 e. The lowest BCUT2D eigenvalue weighted by Crippen LogP contribution is -2.30. The van der Waals surface area contributed by atoms with Crippen LogP contribution in [0.4, 0.5) is 0 Å². The van der Waals surface area contributed by atoms with Gasteiger partial charge in [-0.2, -0.15) is 0 Å². The van der Waals surface area contributed by atoms with Crippen LogP contribution in [0.3, 0.4) is 0 Å². The first kappa shape index (κ1) is 12.0. The van der Waals surface area contributed by atoms with Gasteiger partial charge in [-0.25, -0.2) is 0 Å². The molecule has 1 aliphatic rings. The molecule has 2 atom stereocenters. The lowest BCUT2D eigenvalue weighted by atomic mass is 10.1. The summed E-state index contributed by atoms with van der Waals surface area (Å²) in [5.41, 5.74) is 7.44. The third-order valence-corrected chi connectivity index (χ3v) is 3.12. The van der Waals surface area contributed by atoms with Gasteiger partial charge in [-0.05, 0) is 26.2 Å². The van der Waals surface area contributed by atoms with E-state index in [0.29, 0.717) is 6.54 Å². The van der Waals surface area contributed by atoms with Crippen molar-refractivity contribution in [3.63, 3.8) is 0 Å². The molecule has 1 aromatic heterocycles. The van der Waals surface area contributed by atoms with Gasteiger partial charge in [0.1, 0.15) is 0 Å². The molecule has 5 nitrogen and oxygen atoms in total. The second-order valence-electron chi connectivity index (χ2n) is 4.64. The van der Waals surface area contributed by atoms with Crippen molar-refractivity contribution in [1.82, 2.24) is 15.3 Å². The Balaban J connectivity index is 1.82. The van der Waals surface area contributed by atoms with Crippen LogP contribution in [0.5, 0.6) is 0 Å². The second kappa shape index (κ2) is 5.23. The summed E-state index contributed by atoms with van der Waals surface area (Å²) in [5, 5.41) is 2.88. The average molecular weight is 234 g/mol. The molecule has 0 radical (unpaired) electrons. The highest BCUT2D eigenvalue weighted by Gasteiger charge is 2.27. The zero-order valence-electron chi connectivity index (χ0n) is 10.0. The van der Waals surface area contributed by atoms with Gasteiger partial charge in [0.05, 0.1) is 24.1 Å². The molecule has 1 aliphatic carbocycles. The number of hydrogen-bond acceptors (Lipinski definition) is 4. The molecule has 17 heavy (non-hydrogen) atoms. The van der Waals surface area contributed by atoms with Crippen LogP contribution in [0, 0.1) is 12.8 Å². The standard InChI is InChI=1S/C12H18N4O/c1-8-5-15-11(6-14-8)7-16-12(17)9-2-3-10(13)4-9/h5-6,9-10H,2-4,7,13H2,1H3,(H,16,17). The summed E-state index contributed by atoms with van der Waals surface area (Å²) in [6.45, 7) is 2.33. The molecule has 3 N–H and O–H groups in total. The Morgan fingerprint density at radius 1 is 1.47 bits per heavy atom. The van der Waals surface area contributed by atoms with Crippen molar-refractivity contribution in [3.05, 3.63) is 23.8 Å². The molecular weight excluding hydrogens is 216 g/mol. The van der Waals surface area contributed by atoms with Crippen LogP contribution in [0.15, 0.2) is 12.4 Å². The number of nitrogens with two attached hydrogens (primary N) is 1. The molecule has 0 aromatic carbocycles. The van der Waals surface area contributed by atoms with E-state index in [1.54, 1.807) is 12.4 Å². The number of carbonyl (C=O) groups is 1. The minimum Gasteiger partial charge on any atom is -0.350 e. The van der Waals surface area contributed by atoms with E-state index in [4.69, 9.17) is 5.73 Å². The van der Waals surface area contributed by atoms with Crippen molar-refractivity contribution >= 4 is 5.91 Å². The lowest BCUT2D eigenvalue weighted by Gasteiger charge is -2.10. The van der Waals surface area contributed by atoms with E-state index in [1.165, 1.54) is 0 Å². The first-order valence-electron chi connectivity index (χ1n) is 5.96. The summed E-state index contributed by atoms with van der Waals surface area (Å²) < 4.78 is 0. The van der Waals surface area contributed by atoms with Crippen LogP contribution in [0.2, 0.25) is 0 Å². The lowest BCUT2D eigenvalue weighted by molar-refractivity contribution is -0.125. The fourth-order valence-electron chi connectivity index (χ4n) is 2.09. The summed E-state index contributed by atoms with van der Waals surface area (Å²) in [5.74, 6) is 0.156. The van der Waals surface area contributed by atoms with E-state index in [9.17, 15) is 4.79 Å². The zero-order valence-corrected chi connectivity index (χ0v) is 10.0. The van der Waals surface area contributed by atoms with Gasteiger partial charge in [0.2, 0.25) is 5.91 Å². The fourth-order valence-corrected chi connectivity index (χ4v) is 2.09. The van der Waals surface area contributed by atoms with Crippen LogP contribution in [0.1, 0.15) is 30.7 Å². The second-order valence-corrected chi connectivity index (χ2v) is 4.64. The van der Waals surface area contributed by atoms with Crippen molar-refractivity contribution in [2.75, 3.05) is 0 Å². The van der Waals surface area contributed by atoms with E-state index in [1.807, 2.05) is 6.92 Å². The van der Waals surface area contributed by atoms with Gasteiger partial charge in [-0.1, -0.05) is 0 Å². The van der Waals surface area contributed by atoms with Crippen molar-refractivity contribution in [1.29, 1.82) is 0 Å². The summed E-state index contributed by atoms with van der Waals surface area (Å²) in [6, 6.07) is 0.185. The summed E-state index contributed by atoms with van der Waals surface area (Å²) in [6.07, 6.45) is 6.03. The van der Waals surface area contributed by atoms with Crippen molar-refractivity contribution < 1.29 is 4.79 Å². The number of aromatic nitrogens is 2. The predicted octanol–water partition coefficient (Wildman–Crippen LogP) is 0.529. The Bertz CT molecular complexity index is 390.